The van der Waals surface area contributed by atoms with Gasteiger partial charge in [0.2, 0.25) is 5.91 Å². The zero-order valence-electron chi connectivity index (χ0n) is 17.5. The second-order valence-electron chi connectivity index (χ2n) is 7.73. The lowest BCUT2D eigenvalue weighted by Gasteiger charge is -2.23. The molecular weight excluding hydrogens is 474 g/mol. The van der Waals surface area contributed by atoms with Gasteiger partial charge in [-0.3, -0.25) is 14.2 Å². The number of nitrogens with one attached hydrogen (secondary N) is 1. The van der Waals surface area contributed by atoms with Crippen LogP contribution in [0.4, 0.5) is 17.2 Å². The molecule has 1 aliphatic heterocycles. The molecule has 1 aromatic heterocycles. The number of hydrogen-bond acceptors (Lipinski definition) is 5. The minimum atomic E-state index is -0.608. The van der Waals surface area contributed by atoms with Gasteiger partial charge in [-0.2, -0.15) is 0 Å². The molecule has 1 amide bonds. The predicted molar refractivity (Wildman–Crippen MR) is 129 cm³/mol. The van der Waals surface area contributed by atoms with E-state index in [4.69, 9.17) is 5.73 Å². The van der Waals surface area contributed by atoms with E-state index in [1.165, 1.54) is 4.57 Å². The summed E-state index contributed by atoms with van der Waals surface area (Å²) in [5, 5.41) is 2.74. The summed E-state index contributed by atoms with van der Waals surface area (Å²) < 4.78 is 3.15. The summed E-state index contributed by atoms with van der Waals surface area (Å²) in [6.45, 7) is 1.18. The largest absolute Gasteiger partial charge is 0.383 e. The van der Waals surface area contributed by atoms with Gasteiger partial charge in [0.05, 0.1) is 6.54 Å². The standard InChI is InChI=1S/C23H24BrN5O3/c24-17-9-6-10-18(13-17)26-19(30)15-29-22(31)20(27-11-4-5-12-27)21(25)28(23(29)32)14-16-7-2-1-3-8-16/h1-3,6-10,13H,4-5,11-12,14-15,25H2,(H,26,30). The normalized spacial score (nSPS) is 13.3. The van der Waals surface area contributed by atoms with Gasteiger partial charge < -0.3 is 16.0 Å². The Morgan fingerprint density at radius 2 is 1.72 bits per heavy atom. The number of nitrogen functional groups attached to an aromatic ring is 1. The van der Waals surface area contributed by atoms with E-state index in [0.29, 0.717) is 18.8 Å². The Morgan fingerprint density at radius 1 is 1.00 bits per heavy atom. The van der Waals surface area contributed by atoms with Gasteiger partial charge in [0.1, 0.15) is 18.1 Å². The SMILES string of the molecule is Nc1c(N2CCCC2)c(=O)n(CC(=O)Nc2cccc(Br)c2)c(=O)n1Cc1ccccc1. The molecular formula is C23H24BrN5O3. The van der Waals surface area contributed by atoms with Crippen LogP contribution in [-0.2, 0) is 17.9 Å². The lowest BCUT2D eigenvalue weighted by atomic mass is 10.2. The number of benzene rings is 2. The third-order valence-electron chi connectivity index (χ3n) is 5.46. The van der Waals surface area contributed by atoms with E-state index in [-0.39, 0.29) is 18.1 Å². The highest BCUT2D eigenvalue weighted by atomic mass is 79.9. The van der Waals surface area contributed by atoms with Gasteiger partial charge in [0.25, 0.3) is 5.56 Å². The van der Waals surface area contributed by atoms with E-state index < -0.39 is 23.7 Å². The van der Waals surface area contributed by atoms with Crippen molar-refractivity contribution in [3.05, 3.63) is 85.5 Å². The summed E-state index contributed by atoms with van der Waals surface area (Å²) in [6.07, 6.45) is 1.89. The molecule has 0 spiro atoms. The predicted octanol–water partition coefficient (Wildman–Crippen LogP) is 2.64. The summed E-state index contributed by atoms with van der Waals surface area (Å²) in [7, 11) is 0. The molecule has 0 saturated carbocycles. The molecule has 0 atom stereocenters. The number of nitrogens with zero attached hydrogens (tertiary/aromatic N) is 3. The lowest BCUT2D eigenvalue weighted by molar-refractivity contribution is -0.116. The van der Waals surface area contributed by atoms with E-state index in [0.717, 1.165) is 27.4 Å². The van der Waals surface area contributed by atoms with Crippen molar-refractivity contribution in [1.82, 2.24) is 9.13 Å². The maximum absolute atomic E-state index is 13.3. The minimum Gasteiger partial charge on any atom is -0.383 e. The van der Waals surface area contributed by atoms with Crippen molar-refractivity contribution in [2.24, 2.45) is 0 Å². The van der Waals surface area contributed by atoms with Gasteiger partial charge in [-0.25, -0.2) is 9.36 Å². The van der Waals surface area contributed by atoms with E-state index in [1.54, 1.807) is 18.2 Å². The first-order valence-corrected chi connectivity index (χ1v) is 11.2. The van der Waals surface area contributed by atoms with Crippen LogP contribution in [0.15, 0.2) is 68.7 Å². The molecule has 0 unspecified atom stereocenters. The van der Waals surface area contributed by atoms with Crippen molar-refractivity contribution in [3.8, 4) is 0 Å². The fourth-order valence-corrected chi connectivity index (χ4v) is 4.31. The molecule has 0 radical (unpaired) electrons. The first kappa shape index (κ1) is 21.9. The zero-order chi connectivity index (χ0) is 22.7. The van der Waals surface area contributed by atoms with E-state index in [2.05, 4.69) is 21.2 Å². The van der Waals surface area contributed by atoms with Crippen LogP contribution in [0.3, 0.4) is 0 Å². The molecule has 1 saturated heterocycles. The molecule has 8 nitrogen and oxygen atoms in total. The van der Waals surface area contributed by atoms with E-state index >= 15 is 0 Å². The van der Waals surface area contributed by atoms with Crippen LogP contribution >= 0.6 is 15.9 Å². The van der Waals surface area contributed by atoms with Crippen LogP contribution in [0.5, 0.6) is 0 Å². The molecule has 166 valence electrons. The van der Waals surface area contributed by atoms with Crippen molar-refractivity contribution in [2.45, 2.75) is 25.9 Å². The van der Waals surface area contributed by atoms with Crippen LogP contribution in [-0.4, -0.2) is 28.1 Å². The lowest BCUT2D eigenvalue weighted by Crippen LogP contribution is -2.46. The zero-order valence-corrected chi connectivity index (χ0v) is 19.0. The van der Waals surface area contributed by atoms with Crippen LogP contribution < -0.4 is 27.2 Å². The van der Waals surface area contributed by atoms with Gasteiger partial charge in [0, 0.05) is 23.2 Å². The Morgan fingerprint density at radius 3 is 2.41 bits per heavy atom. The topological polar surface area (TPSA) is 102 Å². The van der Waals surface area contributed by atoms with Crippen LogP contribution in [0, 0.1) is 0 Å². The minimum absolute atomic E-state index is 0.134. The highest BCUT2D eigenvalue weighted by molar-refractivity contribution is 9.10. The number of anilines is 3. The van der Waals surface area contributed by atoms with E-state index in [9.17, 15) is 14.4 Å². The number of rotatable bonds is 6. The highest BCUT2D eigenvalue weighted by Crippen LogP contribution is 2.22. The van der Waals surface area contributed by atoms with Gasteiger partial charge in [0.15, 0.2) is 0 Å². The first-order chi connectivity index (χ1) is 15.4. The number of aromatic nitrogens is 2. The number of hydrogen-bond donors (Lipinski definition) is 2. The molecule has 32 heavy (non-hydrogen) atoms. The maximum Gasteiger partial charge on any atom is 0.333 e. The molecule has 3 aromatic rings. The number of carbonyl (C=O) groups excluding carboxylic acids is 1. The Kier molecular flexibility index (Phi) is 6.45. The molecule has 3 N–H and O–H groups in total. The fraction of sp³-hybridized carbons (Fsp3) is 0.261. The van der Waals surface area contributed by atoms with Gasteiger partial charge in [-0.15, -0.1) is 0 Å². The first-order valence-electron chi connectivity index (χ1n) is 10.4. The van der Waals surface area contributed by atoms with Crippen LogP contribution in [0.2, 0.25) is 0 Å². The summed E-state index contributed by atoms with van der Waals surface area (Å²) in [6, 6.07) is 16.5. The van der Waals surface area contributed by atoms with Crippen LogP contribution in [0.25, 0.3) is 0 Å². The quantitative estimate of drug-likeness (QED) is 0.544. The number of halogens is 1. The average Bonchev–Trinajstić information content (AvgIpc) is 3.29. The highest BCUT2D eigenvalue weighted by Gasteiger charge is 2.25. The van der Waals surface area contributed by atoms with Crippen molar-refractivity contribution >= 4 is 39.0 Å². The summed E-state index contributed by atoms with van der Waals surface area (Å²) in [5.74, 6) is -0.333. The number of nitrogens with two attached hydrogens (primary N) is 1. The Balaban J connectivity index is 1.74. The smallest absolute Gasteiger partial charge is 0.333 e. The van der Waals surface area contributed by atoms with Crippen LogP contribution in [0.1, 0.15) is 18.4 Å². The second-order valence-corrected chi connectivity index (χ2v) is 8.65. The molecule has 2 heterocycles. The van der Waals surface area contributed by atoms with Gasteiger partial charge in [-0.1, -0.05) is 52.3 Å². The molecule has 1 fully saturated rings. The average molecular weight is 498 g/mol. The molecule has 0 aliphatic carbocycles. The Hall–Kier alpha value is -3.33. The van der Waals surface area contributed by atoms with Crippen molar-refractivity contribution in [1.29, 1.82) is 0 Å². The number of amides is 1. The monoisotopic (exact) mass is 497 g/mol. The fourth-order valence-electron chi connectivity index (χ4n) is 3.91. The Bertz CT molecular complexity index is 1250. The molecule has 2 aromatic carbocycles. The maximum atomic E-state index is 13.3. The number of carbonyl (C=O) groups is 1. The molecule has 9 heteroatoms. The summed E-state index contributed by atoms with van der Waals surface area (Å²) in [4.78, 5) is 41.2. The van der Waals surface area contributed by atoms with E-state index in [1.807, 2.05) is 41.3 Å². The summed E-state index contributed by atoms with van der Waals surface area (Å²) in [5.41, 5.74) is 6.93. The summed E-state index contributed by atoms with van der Waals surface area (Å²) >= 11 is 3.36. The Labute approximate surface area is 193 Å². The second kappa shape index (κ2) is 9.44. The molecule has 1 aliphatic rings. The van der Waals surface area contributed by atoms with Crippen molar-refractivity contribution < 1.29 is 4.79 Å². The molecule has 4 rings (SSSR count). The van der Waals surface area contributed by atoms with Gasteiger partial charge in [-0.05, 0) is 36.6 Å². The van der Waals surface area contributed by atoms with Crippen molar-refractivity contribution in [3.63, 3.8) is 0 Å². The van der Waals surface area contributed by atoms with Crippen molar-refractivity contribution in [2.75, 3.05) is 29.0 Å². The van der Waals surface area contributed by atoms with Gasteiger partial charge >= 0.3 is 5.69 Å². The molecule has 0 bridgehead atoms. The third-order valence-corrected chi connectivity index (χ3v) is 5.95. The third kappa shape index (κ3) is 4.62.